The second kappa shape index (κ2) is 8.47. The molecule has 156 valence electrons. The molecule has 0 saturated carbocycles. The molecule has 0 radical (unpaired) electrons. The molecule has 0 spiro atoms. The van der Waals surface area contributed by atoms with Gasteiger partial charge >= 0.3 is 0 Å². The number of fused-ring (bicyclic) bond motifs is 1. The maximum absolute atomic E-state index is 5.40. The highest BCUT2D eigenvalue weighted by atomic mass is 16.5. The van der Waals surface area contributed by atoms with Crippen LogP contribution in [0, 0.1) is 0 Å². The molecule has 5 heteroatoms. The molecule has 0 amide bonds. The predicted molar refractivity (Wildman–Crippen MR) is 127 cm³/mol. The lowest BCUT2D eigenvalue weighted by Gasteiger charge is -2.11. The summed E-state index contributed by atoms with van der Waals surface area (Å²) in [6, 6.07) is 27.8. The fraction of sp³-hybridized carbons (Fsp3) is 0.0741. The zero-order valence-electron chi connectivity index (χ0n) is 17.8. The Balaban J connectivity index is 1.71. The number of ether oxygens (including phenoxy) is 2. The maximum Gasteiger partial charge on any atom is 0.160 e. The lowest BCUT2D eigenvalue weighted by Crippen LogP contribution is -1.97. The SMILES string of the molecule is COc1ccc(-c2cnc3c(-c4ccccc4)nc(-c4cccc(OC)c4)nc3c2)cc1. The van der Waals surface area contributed by atoms with Gasteiger partial charge in [-0.05, 0) is 35.9 Å². The standard InChI is InChI=1S/C27H21N3O2/c1-31-22-13-11-18(12-14-22)21-16-24-26(28-17-21)25(19-7-4-3-5-8-19)30-27(29-24)20-9-6-10-23(15-20)32-2/h3-17H,1-2H3. The van der Waals surface area contributed by atoms with E-state index in [0.29, 0.717) is 5.82 Å². The van der Waals surface area contributed by atoms with Crippen molar-refractivity contribution in [3.63, 3.8) is 0 Å². The molecule has 5 aromatic rings. The Morgan fingerprint density at radius 2 is 1.34 bits per heavy atom. The Kier molecular flexibility index (Phi) is 5.22. The molecule has 0 atom stereocenters. The number of pyridine rings is 1. The lowest BCUT2D eigenvalue weighted by molar-refractivity contribution is 0.415. The summed E-state index contributed by atoms with van der Waals surface area (Å²) in [5.74, 6) is 2.21. The van der Waals surface area contributed by atoms with Crippen molar-refractivity contribution >= 4 is 11.0 Å². The van der Waals surface area contributed by atoms with Gasteiger partial charge in [0.25, 0.3) is 0 Å². The summed E-state index contributed by atoms with van der Waals surface area (Å²) in [7, 11) is 3.32. The van der Waals surface area contributed by atoms with Gasteiger partial charge in [-0.15, -0.1) is 0 Å². The van der Waals surface area contributed by atoms with Gasteiger partial charge in [0.15, 0.2) is 5.82 Å². The van der Waals surface area contributed by atoms with Gasteiger partial charge in [-0.2, -0.15) is 0 Å². The van der Waals surface area contributed by atoms with Crippen LogP contribution in [0.1, 0.15) is 0 Å². The number of hydrogen-bond donors (Lipinski definition) is 0. The van der Waals surface area contributed by atoms with Crippen LogP contribution < -0.4 is 9.47 Å². The zero-order chi connectivity index (χ0) is 21.9. The van der Waals surface area contributed by atoms with E-state index < -0.39 is 0 Å². The van der Waals surface area contributed by atoms with Crippen molar-refractivity contribution in [2.24, 2.45) is 0 Å². The molecular formula is C27H21N3O2. The Hall–Kier alpha value is -4.25. The Morgan fingerprint density at radius 1 is 0.594 bits per heavy atom. The molecule has 0 saturated heterocycles. The molecule has 0 bridgehead atoms. The third kappa shape index (κ3) is 3.76. The molecule has 5 rings (SSSR count). The minimum Gasteiger partial charge on any atom is -0.497 e. The van der Waals surface area contributed by atoms with Crippen molar-refractivity contribution < 1.29 is 9.47 Å². The molecule has 0 aliphatic carbocycles. The first-order valence-corrected chi connectivity index (χ1v) is 10.3. The summed E-state index contributed by atoms with van der Waals surface area (Å²) in [6.45, 7) is 0. The highest BCUT2D eigenvalue weighted by Crippen LogP contribution is 2.31. The average Bonchev–Trinajstić information content (AvgIpc) is 2.88. The topological polar surface area (TPSA) is 57.1 Å². The van der Waals surface area contributed by atoms with E-state index in [-0.39, 0.29) is 0 Å². The Labute approximate surface area is 186 Å². The van der Waals surface area contributed by atoms with Gasteiger partial charge in [-0.25, -0.2) is 9.97 Å². The van der Waals surface area contributed by atoms with E-state index in [0.717, 1.165) is 50.5 Å². The monoisotopic (exact) mass is 419 g/mol. The minimum atomic E-state index is 0.629. The van der Waals surface area contributed by atoms with Crippen molar-refractivity contribution in [2.75, 3.05) is 14.2 Å². The Bertz CT molecular complexity index is 1380. The summed E-state index contributed by atoms with van der Waals surface area (Å²) in [5, 5.41) is 0. The van der Waals surface area contributed by atoms with Gasteiger partial charge in [0.1, 0.15) is 22.7 Å². The fourth-order valence-corrected chi connectivity index (χ4v) is 3.65. The van der Waals surface area contributed by atoms with Crippen molar-refractivity contribution in [1.29, 1.82) is 0 Å². The van der Waals surface area contributed by atoms with Crippen molar-refractivity contribution in [3.05, 3.63) is 91.1 Å². The van der Waals surface area contributed by atoms with E-state index in [1.54, 1.807) is 14.2 Å². The van der Waals surface area contributed by atoms with E-state index in [1.807, 2.05) is 85.1 Å². The van der Waals surface area contributed by atoms with Gasteiger partial charge in [0.2, 0.25) is 0 Å². The average molecular weight is 419 g/mol. The molecule has 2 heterocycles. The summed E-state index contributed by atoms with van der Waals surface area (Å²) in [5.41, 5.74) is 6.25. The van der Waals surface area contributed by atoms with Crippen LogP contribution in [0.2, 0.25) is 0 Å². The first-order valence-electron chi connectivity index (χ1n) is 10.3. The van der Waals surface area contributed by atoms with Crippen LogP contribution in [0.3, 0.4) is 0 Å². The van der Waals surface area contributed by atoms with Crippen LogP contribution in [-0.4, -0.2) is 29.2 Å². The first kappa shape index (κ1) is 19.7. The van der Waals surface area contributed by atoms with E-state index in [1.165, 1.54) is 0 Å². The van der Waals surface area contributed by atoms with Gasteiger partial charge < -0.3 is 9.47 Å². The van der Waals surface area contributed by atoms with Gasteiger partial charge in [-0.1, -0.05) is 54.6 Å². The van der Waals surface area contributed by atoms with Crippen LogP contribution in [-0.2, 0) is 0 Å². The fourth-order valence-electron chi connectivity index (χ4n) is 3.65. The first-order chi connectivity index (χ1) is 15.7. The highest BCUT2D eigenvalue weighted by Gasteiger charge is 2.14. The van der Waals surface area contributed by atoms with Crippen LogP contribution in [0.4, 0.5) is 0 Å². The summed E-state index contributed by atoms with van der Waals surface area (Å²) in [4.78, 5) is 14.5. The molecule has 3 aromatic carbocycles. The van der Waals surface area contributed by atoms with Crippen LogP contribution in [0.25, 0.3) is 44.8 Å². The van der Waals surface area contributed by atoms with Gasteiger partial charge in [0.05, 0.1) is 19.7 Å². The number of methoxy groups -OCH3 is 2. The number of hydrogen-bond acceptors (Lipinski definition) is 5. The number of aromatic nitrogens is 3. The molecule has 0 unspecified atom stereocenters. The summed E-state index contributed by atoms with van der Waals surface area (Å²) >= 11 is 0. The number of rotatable bonds is 5. The largest absolute Gasteiger partial charge is 0.497 e. The molecule has 0 aliphatic heterocycles. The molecule has 0 N–H and O–H groups in total. The zero-order valence-corrected chi connectivity index (χ0v) is 17.8. The smallest absolute Gasteiger partial charge is 0.160 e. The van der Waals surface area contributed by atoms with E-state index >= 15 is 0 Å². The third-order valence-corrected chi connectivity index (χ3v) is 5.33. The van der Waals surface area contributed by atoms with Crippen LogP contribution >= 0.6 is 0 Å². The highest BCUT2D eigenvalue weighted by molar-refractivity contribution is 5.92. The molecule has 32 heavy (non-hydrogen) atoms. The van der Waals surface area contributed by atoms with Crippen LogP contribution in [0.15, 0.2) is 91.1 Å². The molecule has 0 fully saturated rings. The number of nitrogens with zero attached hydrogens (tertiary/aromatic N) is 3. The van der Waals surface area contributed by atoms with Crippen molar-refractivity contribution in [1.82, 2.24) is 15.0 Å². The predicted octanol–water partition coefficient (Wildman–Crippen LogP) is 6.04. The van der Waals surface area contributed by atoms with E-state index in [4.69, 9.17) is 24.4 Å². The minimum absolute atomic E-state index is 0.629. The quantitative estimate of drug-likeness (QED) is 0.347. The van der Waals surface area contributed by atoms with Gasteiger partial charge in [-0.3, -0.25) is 4.98 Å². The Morgan fingerprint density at radius 3 is 2.09 bits per heavy atom. The van der Waals surface area contributed by atoms with Gasteiger partial charge in [0, 0.05) is 22.9 Å². The van der Waals surface area contributed by atoms with E-state index in [2.05, 4.69) is 6.07 Å². The molecule has 5 nitrogen and oxygen atoms in total. The number of benzene rings is 3. The maximum atomic E-state index is 5.40. The second-order valence-electron chi connectivity index (χ2n) is 7.31. The summed E-state index contributed by atoms with van der Waals surface area (Å²) < 4.78 is 10.7. The third-order valence-electron chi connectivity index (χ3n) is 5.33. The van der Waals surface area contributed by atoms with Crippen LogP contribution in [0.5, 0.6) is 11.5 Å². The van der Waals surface area contributed by atoms with E-state index in [9.17, 15) is 0 Å². The molecular weight excluding hydrogens is 398 g/mol. The van der Waals surface area contributed by atoms with Crippen molar-refractivity contribution in [3.8, 4) is 45.3 Å². The molecule has 2 aromatic heterocycles. The van der Waals surface area contributed by atoms with Crippen molar-refractivity contribution in [2.45, 2.75) is 0 Å². The lowest BCUT2D eigenvalue weighted by atomic mass is 10.0. The molecule has 0 aliphatic rings. The normalized spacial score (nSPS) is 10.8. The second-order valence-corrected chi connectivity index (χ2v) is 7.31. The summed E-state index contributed by atoms with van der Waals surface area (Å²) in [6.07, 6.45) is 1.87.